The number of rotatable bonds is 7. The van der Waals surface area contributed by atoms with Gasteiger partial charge in [-0.15, -0.1) is 0 Å². The van der Waals surface area contributed by atoms with Gasteiger partial charge in [-0.25, -0.2) is 13.2 Å². The highest BCUT2D eigenvalue weighted by Crippen LogP contribution is 2.27. The fourth-order valence-electron chi connectivity index (χ4n) is 2.40. The molecule has 2 aromatic carbocycles. The predicted octanol–water partition coefficient (Wildman–Crippen LogP) is 2.90. The number of carbonyl (C=O) groups is 1. The summed E-state index contributed by atoms with van der Waals surface area (Å²) in [5, 5.41) is 3.89. The van der Waals surface area contributed by atoms with Crippen molar-refractivity contribution < 1.29 is 27.2 Å². The number of ether oxygens (including phenoxy) is 2. The van der Waals surface area contributed by atoms with Crippen molar-refractivity contribution in [3.8, 4) is 17.1 Å². The molecule has 1 aromatic heterocycles. The zero-order valence-corrected chi connectivity index (χ0v) is 16.1. The molecular weight excluding hydrogens is 384 g/mol. The van der Waals surface area contributed by atoms with Crippen LogP contribution in [0, 0.1) is 0 Å². The van der Waals surface area contributed by atoms with Crippen molar-refractivity contribution >= 4 is 15.8 Å². The van der Waals surface area contributed by atoms with Crippen LogP contribution in [0.4, 0.5) is 0 Å². The first kappa shape index (κ1) is 19.6. The third-order valence-corrected chi connectivity index (χ3v) is 4.87. The van der Waals surface area contributed by atoms with Gasteiger partial charge < -0.3 is 14.0 Å². The molecule has 0 aliphatic heterocycles. The van der Waals surface area contributed by atoms with Crippen LogP contribution in [-0.2, 0) is 21.2 Å². The van der Waals surface area contributed by atoms with Crippen LogP contribution < -0.4 is 4.74 Å². The Morgan fingerprint density at radius 2 is 1.82 bits per heavy atom. The van der Waals surface area contributed by atoms with Crippen LogP contribution in [0.15, 0.2) is 57.9 Å². The third-order valence-electron chi connectivity index (χ3n) is 3.74. The summed E-state index contributed by atoms with van der Waals surface area (Å²) in [7, 11) is -3.33. The van der Waals surface area contributed by atoms with E-state index in [1.807, 2.05) is 19.1 Å². The van der Waals surface area contributed by atoms with Crippen LogP contribution in [0.3, 0.4) is 0 Å². The van der Waals surface area contributed by atoms with E-state index in [4.69, 9.17) is 14.0 Å². The molecule has 0 saturated heterocycles. The Morgan fingerprint density at radius 3 is 2.50 bits per heavy atom. The first-order valence-electron chi connectivity index (χ1n) is 8.40. The number of benzene rings is 2. The molecule has 0 aliphatic carbocycles. The van der Waals surface area contributed by atoms with Crippen molar-refractivity contribution in [2.24, 2.45) is 0 Å². The van der Waals surface area contributed by atoms with E-state index in [-0.39, 0.29) is 23.0 Å². The van der Waals surface area contributed by atoms with Crippen LogP contribution >= 0.6 is 0 Å². The van der Waals surface area contributed by atoms with E-state index < -0.39 is 15.8 Å². The van der Waals surface area contributed by atoms with Crippen LogP contribution in [-0.4, -0.2) is 37.4 Å². The van der Waals surface area contributed by atoms with E-state index in [0.29, 0.717) is 23.7 Å². The summed E-state index contributed by atoms with van der Waals surface area (Å²) in [6.07, 6.45) is 1.09. The summed E-state index contributed by atoms with van der Waals surface area (Å²) in [4.78, 5) is 16.5. The summed E-state index contributed by atoms with van der Waals surface area (Å²) in [6.45, 7) is 2.16. The lowest BCUT2D eigenvalue weighted by Crippen LogP contribution is -2.06. The second-order valence-corrected chi connectivity index (χ2v) is 7.83. The fourth-order valence-corrected chi connectivity index (χ4v) is 3.03. The molecule has 8 nitrogen and oxygen atoms in total. The minimum absolute atomic E-state index is 0.124. The Labute approximate surface area is 162 Å². The second kappa shape index (κ2) is 8.22. The van der Waals surface area contributed by atoms with Crippen LogP contribution in [0.1, 0.15) is 23.2 Å². The Bertz CT molecular complexity index is 1070. The highest BCUT2D eigenvalue weighted by atomic mass is 32.2. The SMILES string of the molecule is CCOc1ccccc1-c1noc(COC(=O)c2ccc(S(C)(=O)=O)cc2)n1. The Morgan fingerprint density at radius 1 is 1.11 bits per heavy atom. The van der Waals surface area contributed by atoms with Gasteiger partial charge in [0.25, 0.3) is 5.89 Å². The molecule has 0 unspecified atom stereocenters. The molecule has 1 heterocycles. The quantitative estimate of drug-likeness (QED) is 0.555. The zero-order valence-electron chi connectivity index (χ0n) is 15.3. The van der Waals surface area contributed by atoms with Crippen molar-refractivity contribution in [1.29, 1.82) is 0 Å². The molecule has 0 spiro atoms. The first-order valence-corrected chi connectivity index (χ1v) is 10.3. The molecule has 146 valence electrons. The van der Waals surface area contributed by atoms with Crippen molar-refractivity contribution in [2.75, 3.05) is 12.9 Å². The van der Waals surface area contributed by atoms with E-state index in [1.54, 1.807) is 12.1 Å². The molecule has 0 saturated carbocycles. The van der Waals surface area contributed by atoms with Crippen molar-refractivity contribution in [3.05, 3.63) is 60.0 Å². The maximum atomic E-state index is 12.1. The predicted molar refractivity (Wildman–Crippen MR) is 99.6 cm³/mol. The van der Waals surface area contributed by atoms with E-state index in [1.165, 1.54) is 24.3 Å². The minimum Gasteiger partial charge on any atom is -0.493 e. The summed E-state index contributed by atoms with van der Waals surface area (Å²) in [5.74, 6) is 0.449. The highest BCUT2D eigenvalue weighted by Gasteiger charge is 2.16. The van der Waals surface area contributed by atoms with Gasteiger partial charge in [-0.05, 0) is 43.3 Å². The van der Waals surface area contributed by atoms with E-state index in [9.17, 15) is 13.2 Å². The van der Waals surface area contributed by atoms with E-state index in [0.717, 1.165) is 6.26 Å². The van der Waals surface area contributed by atoms with Crippen LogP contribution in [0.2, 0.25) is 0 Å². The summed E-state index contributed by atoms with van der Waals surface area (Å²) < 4.78 is 38.7. The van der Waals surface area contributed by atoms with Gasteiger partial charge >= 0.3 is 5.97 Å². The van der Waals surface area contributed by atoms with Gasteiger partial charge in [-0.1, -0.05) is 17.3 Å². The number of nitrogens with zero attached hydrogens (tertiary/aromatic N) is 2. The Kier molecular flexibility index (Phi) is 5.74. The molecular formula is C19H18N2O6S. The van der Waals surface area contributed by atoms with Gasteiger partial charge in [0.15, 0.2) is 16.4 Å². The maximum absolute atomic E-state index is 12.1. The fraction of sp³-hybridized carbons (Fsp3) is 0.211. The lowest BCUT2D eigenvalue weighted by atomic mass is 10.2. The van der Waals surface area contributed by atoms with Gasteiger partial charge in [0.1, 0.15) is 5.75 Å². The molecule has 9 heteroatoms. The lowest BCUT2D eigenvalue weighted by molar-refractivity contribution is 0.0429. The van der Waals surface area contributed by atoms with Crippen LogP contribution in [0.25, 0.3) is 11.4 Å². The van der Waals surface area contributed by atoms with Crippen molar-refractivity contribution in [1.82, 2.24) is 10.1 Å². The molecule has 0 fully saturated rings. The van der Waals surface area contributed by atoms with Gasteiger partial charge in [0, 0.05) is 6.26 Å². The van der Waals surface area contributed by atoms with Gasteiger partial charge in [-0.3, -0.25) is 0 Å². The molecule has 0 aliphatic rings. The molecule has 0 N–H and O–H groups in total. The normalized spacial score (nSPS) is 11.2. The van der Waals surface area contributed by atoms with Crippen molar-refractivity contribution in [2.45, 2.75) is 18.4 Å². The lowest BCUT2D eigenvalue weighted by Gasteiger charge is -2.06. The number of aromatic nitrogens is 2. The summed E-state index contributed by atoms with van der Waals surface area (Å²) >= 11 is 0. The zero-order chi connectivity index (χ0) is 20.1. The number of hydrogen-bond acceptors (Lipinski definition) is 8. The number of sulfone groups is 1. The molecule has 3 rings (SSSR count). The van der Waals surface area contributed by atoms with Gasteiger partial charge in [-0.2, -0.15) is 4.98 Å². The topological polar surface area (TPSA) is 109 Å². The summed E-state index contributed by atoms with van der Waals surface area (Å²) in [6, 6.07) is 12.7. The molecule has 0 radical (unpaired) electrons. The molecule has 28 heavy (non-hydrogen) atoms. The summed E-state index contributed by atoms with van der Waals surface area (Å²) in [5.41, 5.74) is 0.885. The largest absolute Gasteiger partial charge is 0.493 e. The van der Waals surface area contributed by atoms with Gasteiger partial charge in [0.05, 0.1) is 22.6 Å². The molecule has 0 atom stereocenters. The number of hydrogen-bond donors (Lipinski definition) is 0. The van der Waals surface area contributed by atoms with E-state index >= 15 is 0 Å². The molecule has 0 amide bonds. The Hall–Kier alpha value is -3.20. The minimum atomic E-state index is -3.33. The second-order valence-electron chi connectivity index (χ2n) is 5.81. The highest BCUT2D eigenvalue weighted by molar-refractivity contribution is 7.90. The standard InChI is InChI=1S/C19H18N2O6S/c1-3-25-16-7-5-4-6-15(16)18-20-17(27-21-18)12-26-19(22)13-8-10-14(11-9-13)28(2,23)24/h4-11H,3,12H2,1-2H3. The van der Waals surface area contributed by atoms with Crippen molar-refractivity contribution in [3.63, 3.8) is 0 Å². The first-order chi connectivity index (χ1) is 13.4. The smallest absolute Gasteiger partial charge is 0.338 e. The average Bonchev–Trinajstić information content (AvgIpc) is 3.15. The Balaban J connectivity index is 1.67. The van der Waals surface area contributed by atoms with Gasteiger partial charge in [0.2, 0.25) is 5.82 Å². The van der Waals surface area contributed by atoms with E-state index in [2.05, 4.69) is 10.1 Å². The number of para-hydroxylation sites is 1. The molecule has 3 aromatic rings. The average molecular weight is 402 g/mol. The third kappa shape index (κ3) is 4.55. The monoisotopic (exact) mass is 402 g/mol. The molecule has 0 bridgehead atoms. The maximum Gasteiger partial charge on any atom is 0.338 e. The number of carbonyl (C=O) groups excluding carboxylic acids is 1. The number of esters is 1. The van der Waals surface area contributed by atoms with Crippen LogP contribution in [0.5, 0.6) is 5.75 Å².